The number of carbonyl (C=O) groups excluding carboxylic acids is 2. The highest BCUT2D eigenvalue weighted by molar-refractivity contribution is 5.82. The zero-order valence-electron chi connectivity index (χ0n) is 14.8. The van der Waals surface area contributed by atoms with E-state index in [-0.39, 0.29) is 17.7 Å². The number of primary amides is 1. The molecule has 25 heavy (non-hydrogen) atoms. The number of nitrogens with zero attached hydrogens (tertiary/aromatic N) is 1. The molecule has 3 N–H and O–H groups in total. The van der Waals surface area contributed by atoms with Gasteiger partial charge in [0.25, 0.3) is 0 Å². The van der Waals surface area contributed by atoms with Crippen LogP contribution in [0.3, 0.4) is 0 Å². The Morgan fingerprint density at radius 2 is 1.76 bits per heavy atom. The van der Waals surface area contributed by atoms with Gasteiger partial charge >= 0.3 is 0 Å². The molecule has 1 aromatic carbocycles. The number of piperidine rings is 1. The lowest BCUT2D eigenvalue weighted by atomic mass is 9.91. The summed E-state index contributed by atoms with van der Waals surface area (Å²) in [6.07, 6.45) is 7.68. The number of likely N-dealkylation sites (tertiary alicyclic amines) is 1. The van der Waals surface area contributed by atoms with Gasteiger partial charge in [-0.25, -0.2) is 0 Å². The first kappa shape index (κ1) is 17.9. The number of rotatable bonds is 5. The van der Waals surface area contributed by atoms with E-state index in [4.69, 9.17) is 5.73 Å². The summed E-state index contributed by atoms with van der Waals surface area (Å²) in [5, 5.41) is 3.24. The predicted molar refractivity (Wildman–Crippen MR) is 97.7 cm³/mol. The average molecular weight is 343 g/mol. The summed E-state index contributed by atoms with van der Waals surface area (Å²) in [6.45, 7) is 1.40. The van der Waals surface area contributed by atoms with Crippen molar-refractivity contribution in [3.05, 3.63) is 35.9 Å². The van der Waals surface area contributed by atoms with E-state index in [1.165, 1.54) is 19.3 Å². The van der Waals surface area contributed by atoms with E-state index in [9.17, 15) is 9.59 Å². The molecule has 2 atom stereocenters. The van der Waals surface area contributed by atoms with Crippen molar-refractivity contribution in [1.29, 1.82) is 0 Å². The van der Waals surface area contributed by atoms with Crippen molar-refractivity contribution < 1.29 is 9.59 Å². The first-order valence-corrected chi connectivity index (χ1v) is 9.54. The van der Waals surface area contributed by atoms with E-state index in [1.807, 2.05) is 30.3 Å². The van der Waals surface area contributed by atoms with Crippen molar-refractivity contribution >= 4 is 11.8 Å². The molecule has 1 saturated carbocycles. The average Bonchev–Trinajstić information content (AvgIpc) is 2.63. The van der Waals surface area contributed by atoms with Crippen LogP contribution in [0.4, 0.5) is 0 Å². The molecular weight excluding hydrogens is 314 g/mol. The van der Waals surface area contributed by atoms with E-state index in [0.717, 1.165) is 37.8 Å². The third-order valence-electron chi connectivity index (χ3n) is 5.53. The molecule has 5 nitrogen and oxygen atoms in total. The van der Waals surface area contributed by atoms with Gasteiger partial charge in [-0.05, 0) is 37.8 Å². The second kappa shape index (κ2) is 8.48. The van der Waals surface area contributed by atoms with Gasteiger partial charge in [0, 0.05) is 12.6 Å². The second-order valence-corrected chi connectivity index (χ2v) is 7.39. The van der Waals surface area contributed by atoms with Crippen LogP contribution in [0.5, 0.6) is 0 Å². The monoisotopic (exact) mass is 343 g/mol. The molecular formula is C20H29N3O2. The molecule has 1 aliphatic carbocycles. The molecule has 1 saturated heterocycles. The van der Waals surface area contributed by atoms with Crippen molar-refractivity contribution in [2.75, 3.05) is 13.1 Å². The molecule has 1 aromatic rings. The summed E-state index contributed by atoms with van der Waals surface area (Å²) in [5.41, 5.74) is 6.60. The maximum Gasteiger partial charge on any atom is 0.239 e. The van der Waals surface area contributed by atoms with Crippen molar-refractivity contribution in [2.45, 2.75) is 57.0 Å². The Morgan fingerprint density at radius 1 is 1.04 bits per heavy atom. The van der Waals surface area contributed by atoms with Crippen LogP contribution in [0.2, 0.25) is 0 Å². The highest BCUT2D eigenvalue weighted by Crippen LogP contribution is 2.27. The molecule has 136 valence electrons. The Balaban J connectivity index is 1.64. The summed E-state index contributed by atoms with van der Waals surface area (Å²) in [5.74, 6) is -0.256. The van der Waals surface area contributed by atoms with Crippen LogP contribution >= 0.6 is 0 Å². The second-order valence-electron chi connectivity index (χ2n) is 7.39. The smallest absolute Gasteiger partial charge is 0.239 e. The Labute approximate surface area is 150 Å². The van der Waals surface area contributed by atoms with Gasteiger partial charge in [-0.3, -0.25) is 14.5 Å². The van der Waals surface area contributed by atoms with E-state index in [1.54, 1.807) is 0 Å². The van der Waals surface area contributed by atoms with Crippen molar-refractivity contribution in [3.8, 4) is 0 Å². The highest BCUT2D eigenvalue weighted by Gasteiger charge is 2.33. The summed E-state index contributed by atoms with van der Waals surface area (Å²) in [7, 11) is 0. The van der Waals surface area contributed by atoms with Crippen molar-refractivity contribution in [1.82, 2.24) is 10.2 Å². The van der Waals surface area contributed by atoms with Crippen LogP contribution in [-0.4, -0.2) is 35.8 Å². The fourth-order valence-electron chi connectivity index (χ4n) is 4.21. The molecule has 1 aliphatic heterocycles. The SMILES string of the molecule is NC(=O)C(c1ccccc1)N1CCCC(C(=O)NC2CCCCC2)C1. The molecule has 0 spiro atoms. The third-order valence-corrected chi connectivity index (χ3v) is 5.53. The van der Waals surface area contributed by atoms with Gasteiger partial charge in [0.2, 0.25) is 11.8 Å². The molecule has 2 unspecified atom stereocenters. The highest BCUT2D eigenvalue weighted by atomic mass is 16.2. The van der Waals surface area contributed by atoms with Crippen LogP contribution in [0.15, 0.2) is 30.3 Å². The standard InChI is InChI=1S/C20H29N3O2/c21-19(24)18(15-8-3-1-4-9-15)23-13-7-10-16(14-23)20(25)22-17-11-5-2-6-12-17/h1,3-4,8-9,16-18H,2,5-7,10-14H2,(H2,21,24)(H,22,25). The number of nitrogens with one attached hydrogen (secondary N) is 1. The minimum absolute atomic E-state index is 0.0544. The van der Waals surface area contributed by atoms with Crippen LogP contribution in [0.1, 0.15) is 56.6 Å². The fraction of sp³-hybridized carbons (Fsp3) is 0.600. The maximum atomic E-state index is 12.7. The minimum atomic E-state index is -0.452. The zero-order chi connectivity index (χ0) is 17.6. The van der Waals surface area contributed by atoms with E-state index in [2.05, 4.69) is 10.2 Å². The van der Waals surface area contributed by atoms with E-state index < -0.39 is 6.04 Å². The summed E-state index contributed by atoms with van der Waals surface area (Å²) in [4.78, 5) is 26.8. The number of benzene rings is 1. The molecule has 1 heterocycles. The topological polar surface area (TPSA) is 75.4 Å². The molecule has 3 rings (SSSR count). The zero-order valence-corrected chi connectivity index (χ0v) is 14.8. The van der Waals surface area contributed by atoms with Gasteiger partial charge in [-0.1, -0.05) is 49.6 Å². The molecule has 0 radical (unpaired) electrons. The minimum Gasteiger partial charge on any atom is -0.368 e. The first-order valence-electron chi connectivity index (χ1n) is 9.54. The first-order chi connectivity index (χ1) is 12.1. The van der Waals surface area contributed by atoms with Gasteiger partial charge in [0.05, 0.1) is 5.92 Å². The Kier molecular flexibility index (Phi) is 6.08. The number of nitrogens with two attached hydrogens (primary N) is 1. The van der Waals surface area contributed by atoms with E-state index >= 15 is 0 Å². The normalized spacial score (nSPS) is 23.8. The Hall–Kier alpha value is -1.88. The van der Waals surface area contributed by atoms with Gasteiger partial charge in [-0.2, -0.15) is 0 Å². The number of hydrogen-bond acceptors (Lipinski definition) is 3. The Morgan fingerprint density at radius 3 is 2.44 bits per heavy atom. The molecule has 0 aromatic heterocycles. The van der Waals surface area contributed by atoms with Gasteiger partial charge < -0.3 is 11.1 Å². The molecule has 2 aliphatic rings. The number of amides is 2. The van der Waals surface area contributed by atoms with Gasteiger partial charge in [0.1, 0.15) is 6.04 Å². The van der Waals surface area contributed by atoms with Crippen LogP contribution in [-0.2, 0) is 9.59 Å². The molecule has 5 heteroatoms. The lowest BCUT2D eigenvalue weighted by Crippen LogP contribution is -2.49. The van der Waals surface area contributed by atoms with E-state index in [0.29, 0.717) is 12.6 Å². The summed E-state index contributed by atoms with van der Waals surface area (Å²) in [6, 6.07) is 9.51. The molecule has 0 bridgehead atoms. The molecule has 2 amide bonds. The van der Waals surface area contributed by atoms with Gasteiger partial charge in [0.15, 0.2) is 0 Å². The lowest BCUT2D eigenvalue weighted by Gasteiger charge is -2.37. The number of carbonyl (C=O) groups is 2. The van der Waals surface area contributed by atoms with Crippen molar-refractivity contribution in [3.63, 3.8) is 0 Å². The Bertz CT molecular complexity index is 584. The molecule has 2 fully saturated rings. The predicted octanol–water partition coefficient (Wildman–Crippen LogP) is 2.37. The van der Waals surface area contributed by atoms with Gasteiger partial charge in [-0.15, -0.1) is 0 Å². The van der Waals surface area contributed by atoms with Crippen LogP contribution < -0.4 is 11.1 Å². The quantitative estimate of drug-likeness (QED) is 0.862. The maximum absolute atomic E-state index is 12.7. The lowest BCUT2D eigenvalue weighted by molar-refractivity contribution is -0.131. The van der Waals surface area contributed by atoms with Crippen LogP contribution in [0, 0.1) is 5.92 Å². The fourth-order valence-corrected chi connectivity index (χ4v) is 4.21. The summed E-state index contributed by atoms with van der Waals surface area (Å²) >= 11 is 0. The third kappa shape index (κ3) is 4.60. The van der Waals surface area contributed by atoms with Crippen LogP contribution in [0.25, 0.3) is 0 Å². The number of hydrogen-bond donors (Lipinski definition) is 2. The van der Waals surface area contributed by atoms with Crippen molar-refractivity contribution in [2.24, 2.45) is 11.7 Å². The largest absolute Gasteiger partial charge is 0.368 e. The summed E-state index contributed by atoms with van der Waals surface area (Å²) < 4.78 is 0.